The van der Waals surface area contributed by atoms with E-state index in [4.69, 9.17) is 5.73 Å². The Morgan fingerprint density at radius 2 is 1.74 bits per heavy atom. The van der Waals surface area contributed by atoms with Crippen molar-refractivity contribution in [1.29, 1.82) is 0 Å². The quantitative estimate of drug-likeness (QED) is 0.328. The van der Waals surface area contributed by atoms with E-state index >= 15 is 0 Å². The number of carbonyl (C=O) groups is 2. The van der Waals surface area contributed by atoms with Gasteiger partial charge in [-0.05, 0) is 79.7 Å². The van der Waals surface area contributed by atoms with Crippen LogP contribution in [0.15, 0.2) is 60.8 Å². The molecule has 0 saturated heterocycles. The van der Waals surface area contributed by atoms with Crippen molar-refractivity contribution in [3.8, 4) is 22.3 Å². The summed E-state index contributed by atoms with van der Waals surface area (Å²) in [6, 6.07) is 16.4. The molecule has 7 nitrogen and oxygen atoms in total. The SMILES string of the molecule is CN(C(=O)O)[C@H]1CC[C@H](CC(=O)Nc2cc(-c3ccccc3F)c(-c3ccc(C4(N)CCC4)cc3)cn2)CC1. The number of pyridine rings is 1. The smallest absolute Gasteiger partial charge is 0.407 e. The number of rotatable bonds is 7. The van der Waals surface area contributed by atoms with Gasteiger partial charge in [-0.2, -0.15) is 0 Å². The number of halogens is 1. The van der Waals surface area contributed by atoms with E-state index in [1.54, 1.807) is 37.5 Å². The van der Waals surface area contributed by atoms with Crippen molar-refractivity contribution in [2.45, 2.75) is 62.9 Å². The Kier molecular flexibility index (Phi) is 7.66. The van der Waals surface area contributed by atoms with Crippen molar-refractivity contribution in [3.05, 3.63) is 72.2 Å². The van der Waals surface area contributed by atoms with Gasteiger partial charge in [0.15, 0.2) is 0 Å². The van der Waals surface area contributed by atoms with E-state index in [1.807, 2.05) is 24.3 Å². The Morgan fingerprint density at radius 3 is 2.36 bits per heavy atom. The van der Waals surface area contributed by atoms with E-state index in [0.717, 1.165) is 61.6 Å². The summed E-state index contributed by atoms with van der Waals surface area (Å²) in [5, 5.41) is 12.1. The lowest BCUT2D eigenvalue weighted by atomic mass is 9.72. The number of hydrogen-bond acceptors (Lipinski definition) is 4. The highest BCUT2D eigenvalue weighted by Crippen LogP contribution is 2.40. The van der Waals surface area contributed by atoms with Crippen LogP contribution >= 0.6 is 0 Å². The van der Waals surface area contributed by atoms with E-state index in [2.05, 4.69) is 10.3 Å². The molecule has 3 aromatic rings. The molecule has 39 heavy (non-hydrogen) atoms. The van der Waals surface area contributed by atoms with E-state index < -0.39 is 6.09 Å². The highest BCUT2D eigenvalue weighted by atomic mass is 19.1. The van der Waals surface area contributed by atoms with Gasteiger partial charge in [0.2, 0.25) is 5.91 Å². The number of nitrogens with zero attached hydrogens (tertiary/aromatic N) is 2. The van der Waals surface area contributed by atoms with Crippen LogP contribution in [0.4, 0.5) is 15.0 Å². The second-order valence-electron chi connectivity index (χ2n) is 11.0. The molecule has 0 bridgehead atoms. The summed E-state index contributed by atoms with van der Waals surface area (Å²) in [5.41, 5.74) is 10.1. The van der Waals surface area contributed by atoms with Crippen LogP contribution in [0.25, 0.3) is 22.3 Å². The number of benzene rings is 2. The van der Waals surface area contributed by atoms with Crippen LogP contribution in [0.2, 0.25) is 0 Å². The summed E-state index contributed by atoms with van der Waals surface area (Å²) in [6.45, 7) is 0. The van der Waals surface area contributed by atoms with Gasteiger partial charge >= 0.3 is 6.09 Å². The molecule has 4 N–H and O–H groups in total. The Morgan fingerprint density at radius 1 is 1.05 bits per heavy atom. The molecule has 0 aliphatic heterocycles. The van der Waals surface area contributed by atoms with Gasteiger partial charge in [0.1, 0.15) is 11.6 Å². The molecule has 1 heterocycles. The maximum absolute atomic E-state index is 14.9. The number of nitrogens with two attached hydrogens (primary N) is 1. The number of hydrogen-bond donors (Lipinski definition) is 3. The van der Waals surface area contributed by atoms with Gasteiger partial charge in [-0.1, -0.05) is 42.5 Å². The lowest BCUT2D eigenvalue weighted by Gasteiger charge is -2.38. The molecule has 0 spiro atoms. The zero-order chi connectivity index (χ0) is 27.6. The minimum atomic E-state index is -0.922. The number of nitrogens with one attached hydrogen (secondary N) is 1. The summed E-state index contributed by atoms with van der Waals surface area (Å²) in [7, 11) is 1.60. The normalized spacial score (nSPS) is 20.1. The average molecular weight is 531 g/mol. The topological polar surface area (TPSA) is 109 Å². The fourth-order valence-corrected chi connectivity index (χ4v) is 5.83. The number of anilines is 1. The predicted molar refractivity (Wildman–Crippen MR) is 150 cm³/mol. The summed E-state index contributed by atoms with van der Waals surface area (Å²) in [6.07, 6.45) is 7.26. The molecule has 2 aliphatic carbocycles. The number of carbonyl (C=O) groups excluding carboxylic acids is 1. The molecule has 0 unspecified atom stereocenters. The molecule has 1 aromatic heterocycles. The van der Waals surface area contributed by atoms with Gasteiger partial charge in [0.25, 0.3) is 0 Å². The third-order valence-electron chi connectivity index (χ3n) is 8.49. The number of aromatic nitrogens is 1. The molecule has 204 valence electrons. The van der Waals surface area contributed by atoms with Crippen LogP contribution in [-0.4, -0.2) is 40.1 Å². The van der Waals surface area contributed by atoms with Gasteiger partial charge in [-0.25, -0.2) is 14.2 Å². The average Bonchev–Trinajstić information content (AvgIpc) is 2.92. The van der Waals surface area contributed by atoms with Gasteiger partial charge in [0.05, 0.1) is 0 Å². The van der Waals surface area contributed by atoms with E-state index in [0.29, 0.717) is 23.4 Å². The van der Waals surface area contributed by atoms with Crippen LogP contribution < -0.4 is 11.1 Å². The van der Waals surface area contributed by atoms with Crippen molar-refractivity contribution in [2.75, 3.05) is 12.4 Å². The second-order valence-corrected chi connectivity index (χ2v) is 11.0. The Labute approximate surface area is 228 Å². The molecule has 0 radical (unpaired) electrons. The molecule has 5 rings (SSSR count). The zero-order valence-electron chi connectivity index (χ0n) is 22.2. The first-order valence-electron chi connectivity index (χ1n) is 13.6. The Balaban J connectivity index is 1.33. The molecule has 2 amide bonds. The van der Waals surface area contributed by atoms with Gasteiger partial charge in [0, 0.05) is 42.4 Å². The molecular weight excluding hydrogens is 495 g/mol. The fraction of sp³-hybridized carbons (Fsp3) is 0.387. The Hall–Kier alpha value is -3.78. The lowest BCUT2D eigenvalue weighted by molar-refractivity contribution is -0.117. The summed E-state index contributed by atoms with van der Waals surface area (Å²) >= 11 is 0. The summed E-state index contributed by atoms with van der Waals surface area (Å²) in [4.78, 5) is 30.0. The highest BCUT2D eigenvalue weighted by molar-refractivity contribution is 5.92. The van der Waals surface area contributed by atoms with Crippen molar-refractivity contribution < 1.29 is 19.1 Å². The first kappa shape index (κ1) is 26.8. The second kappa shape index (κ2) is 11.1. The molecule has 8 heteroatoms. The molecule has 2 fully saturated rings. The van der Waals surface area contributed by atoms with E-state index in [9.17, 15) is 19.1 Å². The van der Waals surface area contributed by atoms with Crippen LogP contribution in [-0.2, 0) is 10.3 Å². The monoisotopic (exact) mass is 530 g/mol. The molecular formula is C31H35FN4O3. The van der Waals surface area contributed by atoms with Crippen molar-refractivity contribution in [1.82, 2.24) is 9.88 Å². The van der Waals surface area contributed by atoms with Crippen LogP contribution in [0, 0.1) is 11.7 Å². The minimum Gasteiger partial charge on any atom is -0.465 e. The van der Waals surface area contributed by atoms with Gasteiger partial charge < -0.3 is 21.1 Å². The first-order chi connectivity index (χ1) is 18.7. The summed E-state index contributed by atoms with van der Waals surface area (Å²) < 4.78 is 14.9. The standard InChI is InChI=1S/C31H35FN4O3/c1-36(30(38)39)23-13-7-20(8-14-23)17-29(37)35-28-18-25(24-5-2-3-6-27(24)32)26(19-34-28)21-9-11-22(12-10-21)31(33)15-4-16-31/h2-3,5-6,9-12,18-20,23H,4,7-8,13-17,33H2,1H3,(H,38,39)(H,34,35,37)/t20-,23-. The van der Waals surface area contributed by atoms with Gasteiger partial charge in [-0.15, -0.1) is 0 Å². The fourth-order valence-electron chi connectivity index (χ4n) is 5.83. The van der Waals surface area contributed by atoms with Gasteiger partial charge in [-0.3, -0.25) is 4.79 Å². The first-order valence-corrected chi connectivity index (χ1v) is 13.6. The van der Waals surface area contributed by atoms with Crippen LogP contribution in [0.1, 0.15) is 56.9 Å². The third-order valence-corrected chi connectivity index (χ3v) is 8.49. The molecule has 2 aromatic carbocycles. The van der Waals surface area contributed by atoms with E-state index in [-0.39, 0.29) is 29.2 Å². The minimum absolute atomic E-state index is 0.00230. The largest absolute Gasteiger partial charge is 0.465 e. The van der Waals surface area contributed by atoms with Crippen molar-refractivity contribution in [3.63, 3.8) is 0 Å². The zero-order valence-corrected chi connectivity index (χ0v) is 22.2. The van der Waals surface area contributed by atoms with Crippen LogP contribution in [0.3, 0.4) is 0 Å². The third kappa shape index (κ3) is 5.81. The summed E-state index contributed by atoms with van der Waals surface area (Å²) in [5.74, 6) is 0.0576. The molecule has 0 atom stereocenters. The Bertz CT molecular complexity index is 1350. The lowest BCUT2D eigenvalue weighted by Crippen LogP contribution is -2.43. The number of amides is 2. The van der Waals surface area contributed by atoms with E-state index in [1.165, 1.54) is 11.0 Å². The predicted octanol–water partition coefficient (Wildman–Crippen LogP) is 6.39. The maximum Gasteiger partial charge on any atom is 0.407 e. The molecule has 2 saturated carbocycles. The highest BCUT2D eigenvalue weighted by Gasteiger charge is 2.34. The number of carboxylic acid groups (broad SMARTS) is 1. The van der Waals surface area contributed by atoms with Crippen LogP contribution in [0.5, 0.6) is 0 Å². The maximum atomic E-state index is 14.9. The van der Waals surface area contributed by atoms with Crippen molar-refractivity contribution >= 4 is 17.8 Å². The van der Waals surface area contributed by atoms with Crippen molar-refractivity contribution in [2.24, 2.45) is 11.7 Å². The molecule has 2 aliphatic rings.